The largest absolute Gasteiger partial charge is 0.392 e. The quantitative estimate of drug-likeness (QED) is 0.449. The van der Waals surface area contributed by atoms with Gasteiger partial charge in [-0.15, -0.1) is 0 Å². The zero-order valence-corrected chi connectivity index (χ0v) is 18.0. The Morgan fingerprint density at radius 1 is 1.19 bits per heavy atom. The zero-order chi connectivity index (χ0) is 23.0. The Morgan fingerprint density at radius 2 is 1.97 bits per heavy atom. The Labute approximate surface area is 184 Å². The van der Waals surface area contributed by atoms with Crippen molar-refractivity contribution in [1.82, 2.24) is 14.2 Å². The minimum Gasteiger partial charge on any atom is -0.392 e. The molecule has 0 spiro atoms. The number of halogens is 1. The van der Waals surface area contributed by atoms with Crippen LogP contribution in [0.4, 0.5) is 10.1 Å². The van der Waals surface area contributed by atoms with Gasteiger partial charge in [0.05, 0.1) is 29.6 Å². The number of ketones is 1. The second-order valence-electron chi connectivity index (χ2n) is 7.67. The average molecular weight is 434 g/mol. The number of hydrogen-bond donors (Lipinski definition) is 2. The summed E-state index contributed by atoms with van der Waals surface area (Å²) >= 11 is 0. The molecule has 32 heavy (non-hydrogen) atoms. The number of aromatic nitrogens is 3. The second kappa shape index (κ2) is 8.39. The van der Waals surface area contributed by atoms with Gasteiger partial charge in [0.1, 0.15) is 0 Å². The fraction of sp³-hybridized carbons (Fsp3) is 0.208. The summed E-state index contributed by atoms with van der Waals surface area (Å²) in [6, 6.07) is 6.67. The average Bonchev–Trinajstić information content (AvgIpc) is 3.38. The molecule has 8 heteroatoms. The maximum Gasteiger partial charge on any atom is 0.258 e. The summed E-state index contributed by atoms with van der Waals surface area (Å²) < 4.78 is 18.6. The number of rotatable bonds is 6. The van der Waals surface area contributed by atoms with Crippen LogP contribution in [0.3, 0.4) is 0 Å². The summed E-state index contributed by atoms with van der Waals surface area (Å²) in [6.07, 6.45) is 7.32. The molecule has 2 N–H and O–H groups in total. The van der Waals surface area contributed by atoms with Gasteiger partial charge in [-0.05, 0) is 48.7 Å². The molecule has 1 amide bonds. The van der Waals surface area contributed by atoms with Gasteiger partial charge in [-0.3, -0.25) is 14.3 Å². The molecule has 0 aliphatic rings. The van der Waals surface area contributed by atoms with Crippen molar-refractivity contribution >= 4 is 22.9 Å². The van der Waals surface area contributed by atoms with Crippen molar-refractivity contribution in [2.45, 2.75) is 26.9 Å². The van der Waals surface area contributed by atoms with Crippen LogP contribution in [-0.4, -0.2) is 31.0 Å². The number of nitrogens with zero attached hydrogens (tertiary/aromatic N) is 3. The van der Waals surface area contributed by atoms with Gasteiger partial charge < -0.3 is 14.8 Å². The Kier molecular flexibility index (Phi) is 5.63. The minimum absolute atomic E-state index is 0.0825. The highest BCUT2D eigenvalue weighted by atomic mass is 19.1. The molecule has 0 aliphatic heterocycles. The lowest BCUT2D eigenvalue weighted by Crippen LogP contribution is -2.16. The molecule has 4 rings (SSSR count). The van der Waals surface area contributed by atoms with Gasteiger partial charge in [-0.1, -0.05) is 6.92 Å². The lowest BCUT2D eigenvalue weighted by molar-refractivity contribution is 0.0987. The topological polar surface area (TPSA) is 88.6 Å². The van der Waals surface area contributed by atoms with Crippen LogP contribution in [0.1, 0.15) is 45.7 Å². The Morgan fingerprint density at radius 3 is 2.59 bits per heavy atom. The maximum absolute atomic E-state index is 15.4. The Bertz CT molecular complexity index is 1350. The third-order valence-electron chi connectivity index (χ3n) is 5.44. The van der Waals surface area contributed by atoms with Gasteiger partial charge in [0, 0.05) is 42.3 Å². The summed E-state index contributed by atoms with van der Waals surface area (Å²) in [5.74, 6) is -1.51. The number of aliphatic hydroxyl groups is 1. The van der Waals surface area contributed by atoms with E-state index in [9.17, 15) is 14.7 Å². The van der Waals surface area contributed by atoms with Gasteiger partial charge in [0.2, 0.25) is 0 Å². The third kappa shape index (κ3) is 3.80. The number of carbonyl (C=O) groups is 2. The highest BCUT2D eigenvalue weighted by Gasteiger charge is 2.23. The van der Waals surface area contributed by atoms with E-state index in [0.717, 1.165) is 12.0 Å². The van der Waals surface area contributed by atoms with E-state index >= 15 is 4.39 Å². The van der Waals surface area contributed by atoms with E-state index < -0.39 is 11.7 Å². The molecule has 164 valence electrons. The van der Waals surface area contributed by atoms with Crippen molar-refractivity contribution in [1.29, 1.82) is 0 Å². The molecular formula is C24H23FN4O3. The van der Waals surface area contributed by atoms with Gasteiger partial charge in [0.25, 0.3) is 5.91 Å². The first-order chi connectivity index (χ1) is 15.3. The second-order valence-corrected chi connectivity index (χ2v) is 7.67. The SMILES string of the molecule is CCc1ccn2cc(C(C)=O)c(C(=O)Nc3cc(CO)cc(-c4cnn(C)c4)c3F)c2c1. The molecule has 3 heterocycles. The van der Waals surface area contributed by atoms with Crippen molar-refractivity contribution in [3.63, 3.8) is 0 Å². The van der Waals surface area contributed by atoms with E-state index in [1.165, 1.54) is 29.9 Å². The van der Waals surface area contributed by atoms with Crippen LogP contribution in [0.15, 0.2) is 49.1 Å². The smallest absolute Gasteiger partial charge is 0.258 e. The summed E-state index contributed by atoms with van der Waals surface area (Å²) in [5.41, 5.74) is 3.09. The first kappa shape index (κ1) is 21.5. The number of pyridine rings is 1. The number of benzene rings is 1. The predicted molar refractivity (Wildman–Crippen MR) is 119 cm³/mol. The molecule has 0 fully saturated rings. The molecule has 0 saturated heterocycles. The number of carbonyl (C=O) groups excluding carboxylic acids is 2. The molecule has 0 aliphatic carbocycles. The van der Waals surface area contributed by atoms with Crippen LogP contribution in [0.2, 0.25) is 0 Å². The molecule has 4 aromatic rings. The van der Waals surface area contributed by atoms with E-state index in [-0.39, 0.29) is 34.8 Å². The van der Waals surface area contributed by atoms with E-state index in [0.29, 0.717) is 16.6 Å². The molecule has 0 unspecified atom stereocenters. The monoisotopic (exact) mass is 434 g/mol. The predicted octanol–water partition coefficient (Wildman–Crippen LogP) is 3.99. The Hall–Kier alpha value is -3.78. The van der Waals surface area contributed by atoms with E-state index in [1.54, 1.807) is 30.0 Å². The van der Waals surface area contributed by atoms with E-state index in [2.05, 4.69) is 10.4 Å². The summed E-state index contributed by atoms with van der Waals surface area (Å²) in [6.45, 7) is 3.06. The third-order valence-corrected chi connectivity index (χ3v) is 5.44. The van der Waals surface area contributed by atoms with Gasteiger partial charge >= 0.3 is 0 Å². The summed E-state index contributed by atoms with van der Waals surface area (Å²) in [5, 5.41) is 16.3. The number of Topliss-reactive ketones (excluding diaryl/α,β-unsaturated/α-hetero) is 1. The number of anilines is 1. The van der Waals surface area contributed by atoms with Crippen LogP contribution in [-0.2, 0) is 20.1 Å². The van der Waals surface area contributed by atoms with Crippen LogP contribution < -0.4 is 5.32 Å². The number of amides is 1. The van der Waals surface area contributed by atoms with Gasteiger partial charge in [0.15, 0.2) is 11.6 Å². The summed E-state index contributed by atoms with van der Waals surface area (Å²) in [7, 11) is 1.71. The number of nitrogens with one attached hydrogen (secondary N) is 1. The first-order valence-electron chi connectivity index (χ1n) is 10.2. The number of aliphatic hydroxyl groups excluding tert-OH is 1. The van der Waals surface area contributed by atoms with Crippen molar-refractivity contribution in [2.24, 2.45) is 7.05 Å². The number of hydrogen-bond acceptors (Lipinski definition) is 4. The molecule has 3 aromatic heterocycles. The maximum atomic E-state index is 15.4. The van der Waals surface area contributed by atoms with E-state index in [4.69, 9.17) is 0 Å². The molecule has 0 atom stereocenters. The van der Waals surface area contributed by atoms with Crippen molar-refractivity contribution in [2.75, 3.05) is 5.32 Å². The fourth-order valence-corrected chi connectivity index (χ4v) is 3.76. The van der Waals surface area contributed by atoms with Gasteiger partial charge in [-0.2, -0.15) is 5.10 Å². The summed E-state index contributed by atoms with van der Waals surface area (Å²) in [4.78, 5) is 25.5. The molecule has 0 saturated carbocycles. The van der Waals surface area contributed by atoms with Gasteiger partial charge in [-0.25, -0.2) is 4.39 Å². The molecule has 7 nitrogen and oxygen atoms in total. The zero-order valence-electron chi connectivity index (χ0n) is 18.0. The van der Waals surface area contributed by atoms with Crippen molar-refractivity contribution in [3.05, 3.63) is 77.1 Å². The number of fused-ring (bicyclic) bond motifs is 1. The van der Waals surface area contributed by atoms with Crippen LogP contribution in [0.5, 0.6) is 0 Å². The number of aryl methyl sites for hydroxylation is 2. The van der Waals surface area contributed by atoms with Crippen LogP contribution in [0, 0.1) is 5.82 Å². The van der Waals surface area contributed by atoms with Crippen molar-refractivity contribution in [3.8, 4) is 11.1 Å². The molecule has 0 bridgehead atoms. The standard InChI is InChI=1S/C24H23FN4O3/c1-4-15-5-6-29-12-19(14(2)31)22(21(29)9-15)24(32)27-20-8-16(13-30)7-18(23(20)25)17-10-26-28(3)11-17/h5-12,30H,4,13H2,1-3H3,(H,27,32). The highest BCUT2D eigenvalue weighted by molar-refractivity contribution is 6.16. The lowest BCUT2D eigenvalue weighted by Gasteiger charge is -2.12. The fourth-order valence-electron chi connectivity index (χ4n) is 3.76. The van der Waals surface area contributed by atoms with Crippen LogP contribution >= 0.6 is 0 Å². The molecular weight excluding hydrogens is 411 g/mol. The van der Waals surface area contributed by atoms with Crippen LogP contribution in [0.25, 0.3) is 16.6 Å². The first-order valence-corrected chi connectivity index (χ1v) is 10.2. The minimum atomic E-state index is -0.648. The molecule has 1 aromatic carbocycles. The Balaban J connectivity index is 1.82. The normalized spacial score (nSPS) is 11.2. The van der Waals surface area contributed by atoms with E-state index in [1.807, 2.05) is 19.1 Å². The lowest BCUT2D eigenvalue weighted by atomic mass is 10.0. The van der Waals surface area contributed by atoms with Crippen molar-refractivity contribution < 1.29 is 19.1 Å². The highest BCUT2D eigenvalue weighted by Crippen LogP contribution is 2.31. The molecule has 0 radical (unpaired) electrons.